The van der Waals surface area contributed by atoms with E-state index in [4.69, 9.17) is 5.21 Å². The van der Waals surface area contributed by atoms with Crippen LogP contribution in [0.2, 0.25) is 0 Å². The predicted octanol–water partition coefficient (Wildman–Crippen LogP) is 0.0779. The van der Waals surface area contributed by atoms with Gasteiger partial charge in [0, 0.05) is 0 Å². The summed E-state index contributed by atoms with van der Waals surface area (Å²) in [6.45, 7) is 0. The number of nitrogens with one attached hydrogen (secondary N) is 1. The number of hydrogen-bond donors (Lipinski definition) is 2. The van der Waals surface area contributed by atoms with Crippen LogP contribution in [0.5, 0.6) is 0 Å². The minimum absolute atomic E-state index is 0.323. The van der Waals surface area contributed by atoms with Crippen molar-refractivity contribution in [2.45, 2.75) is 0 Å². The van der Waals surface area contributed by atoms with E-state index in [0.29, 0.717) is 5.82 Å². The highest BCUT2D eigenvalue weighted by Gasteiger charge is 1.82. The Morgan fingerprint density at radius 2 is 2.62 bits per heavy atom. The molecule has 4 heteroatoms. The Morgan fingerprint density at radius 1 is 1.75 bits per heavy atom. The smallest absolute Gasteiger partial charge is 0.168 e. The van der Waals surface area contributed by atoms with Gasteiger partial charge in [-0.3, -0.25) is 10.7 Å². The first-order valence-electron chi connectivity index (χ1n) is 2.01. The second-order valence-corrected chi connectivity index (χ2v) is 1.14. The lowest BCUT2D eigenvalue weighted by atomic mass is 10.7. The van der Waals surface area contributed by atoms with Gasteiger partial charge in [0.2, 0.25) is 0 Å². The standard InChI is InChI=1S/C4H4N3O/c8-7-4-3-5-1-2-6-4/h2-3,8H,(H,6,7). The van der Waals surface area contributed by atoms with E-state index in [1.165, 1.54) is 12.4 Å². The zero-order chi connectivity index (χ0) is 5.82. The molecule has 1 aromatic rings. The van der Waals surface area contributed by atoms with Crippen molar-refractivity contribution >= 4 is 5.82 Å². The van der Waals surface area contributed by atoms with Crippen molar-refractivity contribution in [2.24, 2.45) is 0 Å². The molecule has 1 heterocycles. The van der Waals surface area contributed by atoms with Crippen molar-refractivity contribution in [2.75, 3.05) is 5.48 Å². The second kappa shape index (κ2) is 2.23. The fraction of sp³-hybridized carbons (Fsp3) is 0. The molecule has 0 aliphatic carbocycles. The van der Waals surface area contributed by atoms with Crippen molar-refractivity contribution in [3.05, 3.63) is 18.6 Å². The van der Waals surface area contributed by atoms with Gasteiger partial charge in [0.05, 0.1) is 12.4 Å². The highest BCUT2D eigenvalue weighted by Crippen LogP contribution is 1.91. The van der Waals surface area contributed by atoms with E-state index >= 15 is 0 Å². The molecule has 0 aliphatic heterocycles. The lowest BCUT2D eigenvalue weighted by molar-refractivity contribution is 0.385. The van der Waals surface area contributed by atoms with Crippen molar-refractivity contribution < 1.29 is 5.21 Å². The Morgan fingerprint density at radius 3 is 3.00 bits per heavy atom. The van der Waals surface area contributed by atoms with Gasteiger partial charge in [0.15, 0.2) is 5.82 Å². The molecule has 0 amide bonds. The topological polar surface area (TPSA) is 58.0 Å². The largest absolute Gasteiger partial charge is 0.290 e. The summed E-state index contributed by atoms with van der Waals surface area (Å²) in [5, 5.41) is 8.17. The lowest BCUT2D eigenvalue weighted by Gasteiger charge is -1.90. The lowest BCUT2D eigenvalue weighted by Crippen LogP contribution is -1.91. The van der Waals surface area contributed by atoms with Gasteiger partial charge in [-0.2, -0.15) is 0 Å². The van der Waals surface area contributed by atoms with Crippen LogP contribution in [-0.4, -0.2) is 15.2 Å². The van der Waals surface area contributed by atoms with Crippen LogP contribution in [0.1, 0.15) is 0 Å². The molecule has 41 valence electrons. The summed E-state index contributed by atoms with van der Waals surface area (Å²) in [6, 6.07) is 0. The van der Waals surface area contributed by atoms with E-state index in [1.807, 2.05) is 5.48 Å². The van der Waals surface area contributed by atoms with E-state index < -0.39 is 0 Å². The SMILES string of the molecule is ONc1cn[c]cn1. The summed E-state index contributed by atoms with van der Waals surface area (Å²) >= 11 is 0. The van der Waals surface area contributed by atoms with Crippen molar-refractivity contribution in [1.29, 1.82) is 0 Å². The number of anilines is 1. The van der Waals surface area contributed by atoms with Crippen LogP contribution in [0.3, 0.4) is 0 Å². The third-order valence-electron chi connectivity index (χ3n) is 0.637. The summed E-state index contributed by atoms with van der Waals surface area (Å²) in [5.74, 6) is 0.323. The molecular weight excluding hydrogens is 106 g/mol. The predicted molar refractivity (Wildman–Crippen MR) is 26.3 cm³/mol. The maximum atomic E-state index is 8.17. The van der Waals surface area contributed by atoms with Crippen molar-refractivity contribution in [1.82, 2.24) is 9.97 Å². The van der Waals surface area contributed by atoms with Gasteiger partial charge in [0.1, 0.15) is 6.20 Å². The average Bonchev–Trinajstić information content (AvgIpc) is 1.90. The number of nitrogens with zero attached hydrogens (tertiary/aromatic N) is 2. The fourth-order valence-corrected chi connectivity index (χ4v) is 0.321. The molecule has 0 bridgehead atoms. The zero-order valence-electron chi connectivity index (χ0n) is 4.00. The molecule has 0 atom stereocenters. The third-order valence-corrected chi connectivity index (χ3v) is 0.637. The van der Waals surface area contributed by atoms with Crippen LogP contribution < -0.4 is 5.48 Å². The molecule has 0 fully saturated rings. The third kappa shape index (κ3) is 0.913. The van der Waals surface area contributed by atoms with Gasteiger partial charge in [-0.05, 0) is 0 Å². The van der Waals surface area contributed by atoms with Crippen LogP contribution in [0.15, 0.2) is 12.4 Å². The maximum Gasteiger partial charge on any atom is 0.168 e. The summed E-state index contributed by atoms with van der Waals surface area (Å²) in [4.78, 5) is 7.16. The Kier molecular flexibility index (Phi) is 1.39. The molecule has 0 saturated heterocycles. The van der Waals surface area contributed by atoms with Gasteiger partial charge in [-0.15, -0.1) is 0 Å². The Labute approximate surface area is 46.2 Å². The van der Waals surface area contributed by atoms with Crippen molar-refractivity contribution in [3.8, 4) is 0 Å². The molecular formula is C4H4N3O. The minimum atomic E-state index is 0.323. The molecule has 0 spiro atoms. The van der Waals surface area contributed by atoms with Gasteiger partial charge in [-0.25, -0.2) is 9.97 Å². The fourth-order valence-electron chi connectivity index (χ4n) is 0.321. The second-order valence-electron chi connectivity index (χ2n) is 1.14. The van der Waals surface area contributed by atoms with E-state index in [-0.39, 0.29) is 0 Å². The Hall–Kier alpha value is -1.16. The Balaban J connectivity index is 2.83. The quantitative estimate of drug-likeness (QED) is 0.502. The molecule has 8 heavy (non-hydrogen) atoms. The minimum Gasteiger partial charge on any atom is -0.290 e. The van der Waals surface area contributed by atoms with Gasteiger partial charge in [-0.1, -0.05) is 0 Å². The molecule has 1 radical (unpaired) electrons. The molecule has 4 nitrogen and oxygen atoms in total. The van der Waals surface area contributed by atoms with Crippen LogP contribution in [-0.2, 0) is 0 Å². The van der Waals surface area contributed by atoms with Crippen LogP contribution in [0.25, 0.3) is 0 Å². The van der Waals surface area contributed by atoms with Gasteiger partial charge in [0.25, 0.3) is 0 Å². The molecule has 0 aliphatic rings. The zero-order valence-corrected chi connectivity index (χ0v) is 4.00. The van der Waals surface area contributed by atoms with E-state index in [1.54, 1.807) is 0 Å². The first kappa shape index (κ1) is 4.99. The first-order valence-corrected chi connectivity index (χ1v) is 2.01. The molecule has 1 aromatic heterocycles. The maximum absolute atomic E-state index is 8.17. The summed E-state index contributed by atoms with van der Waals surface area (Å²) in [7, 11) is 0. The van der Waals surface area contributed by atoms with Crippen molar-refractivity contribution in [3.63, 3.8) is 0 Å². The van der Waals surface area contributed by atoms with Gasteiger partial charge >= 0.3 is 0 Å². The Bertz CT molecular complexity index is 153. The van der Waals surface area contributed by atoms with E-state index in [9.17, 15) is 0 Å². The number of aromatic nitrogens is 2. The summed E-state index contributed by atoms with van der Waals surface area (Å²) in [5.41, 5.74) is 1.83. The molecule has 0 unspecified atom stereocenters. The van der Waals surface area contributed by atoms with E-state index in [0.717, 1.165) is 0 Å². The normalized spacial score (nSPS) is 8.62. The highest BCUT2D eigenvalue weighted by atomic mass is 16.5. The first-order chi connectivity index (χ1) is 3.93. The summed E-state index contributed by atoms with van der Waals surface area (Å²) in [6.07, 6.45) is 5.18. The van der Waals surface area contributed by atoms with Crippen LogP contribution >= 0.6 is 0 Å². The monoisotopic (exact) mass is 110 g/mol. The molecule has 0 saturated carbocycles. The number of hydrogen-bond acceptors (Lipinski definition) is 4. The molecule has 2 N–H and O–H groups in total. The highest BCUT2D eigenvalue weighted by molar-refractivity contribution is 5.25. The number of rotatable bonds is 1. The summed E-state index contributed by atoms with van der Waals surface area (Å²) < 4.78 is 0. The average molecular weight is 110 g/mol. The van der Waals surface area contributed by atoms with Crippen LogP contribution in [0.4, 0.5) is 5.82 Å². The van der Waals surface area contributed by atoms with Crippen LogP contribution in [0, 0.1) is 6.20 Å². The molecule has 1 rings (SSSR count). The molecule has 0 aromatic carbocycles. The van der Waals surface area contributed by atoms with Gasteiger partial charge < -0.3 is 0 Å². The van der Waals surface area contributed by atoms with E-state index in [2.05, 4.69) is 16.2 Å².